The normalized spacial score (nSPS) is 15.0. The summed E-state index contributed by atoms with van der Waals surface area (Å²) in [5, 5.41) is 3.49. The van der Waals surface area contributed by atoms with Crippen molar-refractivity contribution < 1.29 is 9.13 Å². The van der Waals surface area contributed by atoms with Crippen LogP contribution in [0.2, 0.25) is 5.02 Å². The van der Waals surface area contributed by atoms with Crippen LogP contribution in [0.4, 0.5) is 4.39 Å². The second kappa shape index (κ2) is 6.14. The zero-order valence-electron chi connectivity index (χ0n) is 11.8. The van der Waals surface area contributed by atoms with E-state index in [1.807, 2.05) is 13.0 Å². The lowest BCUT2D eigenvalue weighted by Crippen LogP contribution is -2.23. The maximum absolute atomic E-state index is 14.3. The van der Waals surface area contributed by atoms with Gasteiger partial charge in [0.15, 0.2) is 0 Å². The molecule has 0 aliphatic carbocycles. The number of benzene rings is 2. The Bertz CT molecular complexity index is 659. The Kier molecular flexibility index (Phi) is 4.24. The molecule has 1 N–H and O–H groups in total. The number of halogens is 2. The summed E-state index contributed by atoms with van der Waals surface area (Å²) in [6, 6.07) is 11.1. The molecule has 2 aromatic rings. The minimum atomic E-state index is -0.359. The van der Waals surface area contributed by atoms with Crippen LogP contribution >= 0.6 is 11.6 Å². The van der Waals surface area contributed by atoms with Gasteiger partial charge in [-0.25, -0.2) is 4.39 Å². The number of hydrogen-bond donors (Lipinski definition) is 1. The summed E-state index contributed by atoms with van der Waals surface area (Å²) < 4.78 is 19.8. The summed E-state index contributed by atoms with van der Waals surface area (Å²) in [4.78, 5) is 0. The zero-order chi connectivity index (χ0) is 14.8. The minimum Gasteiger partial charge on any atom is -0.372 e. The van der Waals surface area contributed by atoms with Crippen molar-refractivity contribution in [3.63, 3.8) is 0 Å². The van der Waals surface area contributed by atoms with Crippen molar-refractivity contribution >= 4 is 11.6 Å². The van der Waals surface area contributed by atoms with Gasteiger partial charge in [0.25, 0.3) is 0 Å². The summed E-state index contributed by atoms with van der Waals surface area (Å²) in [6.45, 7) is 4.03. The third kappa shape index (κ3) is 2.82. The van der Waals surface area contributed by atoms with Gasteiger partial charge in [0.2, 0.25) is 0 Å². The van der Waals surface area contributed by atoms with Crippen molar-refractivity contribution in [3.05, 3.63) is 69.5 Å². The van der Waals surface area contributed by atoms with E-state index in [0.717, 1.165) is 12.1 Å². The summed E-state index contributed by atoms with van der Waals surface area (Å²) in [6.07, 6.45) is 0. The maximum atomic E-state index is 14.3. The lowest BCUT2D eigenvalue weighted by Gasteiger charge is -2.20. The second-order valence-corrected chi connectivity index (χ2v) is 5.56. The molecular weight excluding hydrogens is 289 g/mol. The maximum Gasteiger partial charge on any atom is 0.146 e. The molecule has 110 valence electrons. The van der Waals surface area contributed by atoms with Gasteiger partial charge < -0.3 is 10.1 Å². The molecule has 21 heavy (non-hydrogen) atoms. The van der Waals surface area contributed by atoms with Crippen LogP contribution < -0.4 is 5.32 Å². The molecule has 1 atom stereocenters. The molecule has 0 bridgehead atoms. The topological polar surface area (TPSA) is 21.3 Å². The lowest BCUT2D eigenvalue weighted by molar-refractivity contribution is 0.134. The molecule has 0 saturated carbocycles. The molecule has 2 aromatic carbocycles. The standard InChI is InChI=1S/C17H17ClFNO/c1-2-20-17(14-4-3-5-15(18)16(14)19)11-6-7-12-9-21-10-13(12)8-11/h3-8,17,20H,2,9-10H2,1H3. The Balaban J connectivity index is 2.03. The van der Waals surface area contributed by atoms with E-state index in [9.17, 15) is 4.39 Å². The smallest absolute Gasteiger partial charge is 0.146 e. The highest BCUT2D eigenvalue weighted by atomic mass is 35.5. The van der Waals surface area contributed by atoms with Crippen LogP contribution in [0.5, 0.6) is 0 Å². The fourth-order valence-electron chi connectivity index (χ4n) is 2.73. The number of hydrogen-bond acceptors (Lipinski definition) is 2. The Hall–Kier alpha value is -1.42. The van der Waals surface area contributed by atoms with Gasteiger partial charge in [-0.15, -0.1) is 0 Å². The number of rotatable bonds is 4. The number of ether oxygens (including phenoxy) is 1. The third-order valence-electron chi connectivity index (χ3n) is 3.78. The summed E-state index contributed by atoms with van der Waals surface area (Å²) in [7, 11) is 0. The highest BCUT2D eigenvalue weighted by Gasteiger charge is 2.20. The van der Waals surface area contributed by atoms with Crippen LogP contribution in [0.25, 0.3) is 0 Å². The van der Waals surface area contributed by atoms with Gasteiger partial charge in [-0.05, 0) is 29.3 Å². The van der Waals surface area contributed by atoms with E-state index in [2.05, 4.69) is 17.4 Å². The molecule has 1 aliphatic rings. The molecule has 0 radical (unpaired) electrons. The van der Waals surface area contributed by atoms with Gasteiger partial charge in [-0.1, -0.05) is 48.9 Å². The van der Waals surface area contributed by atoms with Crippen LogP contribution in [-0.4, -0.2) is 6.54 Å². The van der Waals surface area contributed by atoms with Crippen molar-refractivity contribution in [2.75, 3.05) is 6.54 Å². The molecule has 0 amide bonds. The monoisotopic (exact) mass is 305 g/mol. The van der Waals surface area contributed by atoms with Crippen LogP contribution in [0.3, 0.4) is 0 Å². The largest absolute Gasteiger partial charge is 0.372 e. The molecule has 0 aromatic heterocycles. The molecule has 1 unspecified atom stereocenters. The van der Waals surface area contributed by atoms with Gasteiger partial charge in [0.1, 0.15) is 5.82 Å². The molecule has 1 aliphatic heterocycles. The fraction of sp³-hybridized carbons (Fsp3) is 0.294. The lowest BCUT2D eigenvalue weighted by atomic mass is 9.95. The predicted octanol–water partition coefficient (Wildman–Crippen LogP) is 4.21. The van der Waals surface area contributed by atoms with Crippen molar-refractivity contribution in [2.45, 2.75) is 26.2 Å². The van der Waals surface area contributed by atoms with E-state index in [4.69, 9.17) is 16.3 Å². The molecule has 4 heteroatoms. The van der Waals surface area contributed by atoms with E-state index in [0.29, 0.717) is 18.8 Å². The summed E-state index contributed by atoms with van der Waals surface area (Å²) >= 11 is 5.92. The molecule has 0 fully saturated rings. The molecule has 0 saturated heterocycles. The van der Waals surface area contributed by atoms with Gasteiger partial charge in [-0.3, -0.25) is 0 Å². The molecule has 3 rings (SSSR count). The van der Waals surface area contributed by atoms with Crippen LogP contribution in [0.1, 0.15) is 35.2 Å². The predicted molar refractivity (Wildman–Crippen MR) is 81.9 cm³/mol. The van der Waals surface area contributed by atoms with Gasteiger partial charge >= 0.3 is 0 Å². The second-order valence-electron chi connectivity index (χ2n) is 5.15. The van der Waals surface area contributed by atoms with E-state index < -0.39 is 0 Å². The molecular formula is C17H17ClFNO. The highest BCUT2D eigenvalue weighted by molar-refractivity contribution is 6.30. The van der Waals surface area contributed by atoms with Gasteiger partial charge in [0.05, 0.1) is 24.3 Å². The Morgan fingerprint density at radius 2 is 2.05 bits per heavy atom. The highest BCUT2D eigenvalue weighted by Crippen LogP contribution is 2.30. The fourth-order valence-corrected chi connectivity index (χ4v) is 2.91. The van der Waals surface area contributed by atoms with Crippen molar-refractivity contribution in [2.24, 2.45) is 0 Å². The van der Waals surface area contributed by atoms with Crippen LogP contribution in [-0.2, 0) is 18.0 Å². The summed E-state index contributed by atoms with van der Waals surface area (Å²) in [5.74, 6) is -0.359. The minimum absolute atomic E-state index is 0.153. The van der Waals surface area contributed by atoms with Crippen LogP contribution in [0, 0.1) is 5.82 Å². The average molecular weight is 306 g/mol. The molecule has 0 spiro atoms. The van der Waals surface area contributed by atoms with E-state index in [1.54, 1.807) is 18.2 Å². The van der Waals surface area contributed by atoms with Crippen molar-refractivity contribution in [3.8, 4) is 0 Å². The van der Waals surface area contributed by atoms with E-state index in [1.165, 1.54) is 11.1 Å². The Morgan fingerprint density at radius 1 is 1.24 bits per heavy atom. The number of nitrogens with one attached hydrogen (secondary N) is 1. The van der Waals surface area contributed by atoms with Gasteiger partial charge in [0, 0.05) is 5.56 Å². The SMILES string of the molecule is CCNC(c1ccc2c(c1)COC2)c1cccc(Cl)c1F. The summed E-state index contributed by atoms with van der Waals surface area (Å²) in [5.41, 5.74) is 3.99. The first-order valence-corrected chi connectivity index (χ1v) is 7.45. The van der Waals surface area contributed by atoms with E-state index in [-0.39, 0.29) is 16.9 Å². The zero-order valence-corrected chi connectivity index (χ0v) is 12.6. The first kappa shape index (κ1) is 14.5. The van der Waals surface area contributed by atoms with Crippen LogP contribution in [0.15, 0.2) is 36.4 Å². The first-order chi connectivity index (χ1) is 10.2. The number of fused-ring (bicyclic) bond motifs is 1. The Morgan fingerprint density at radius 3 is 2.86 bits per heavy atom. The first-order valence-electron chi connectivity index (χ1n) is 7.07. The average Bonchev–Trinajstić information content (AvgIpc) is 2.95. The molecule has 2 nitrogen and oxygen atoms in total. The van der Waals surface area contributed by atoms with Crippen molar-refractivity contribution in [1.82, 2.24) is 5.32 Å². The Labute approximate surface area is 128 Å². The van der Waals surface area contributed by atoms with Crippen molar-refractivity contribution in [1.29, 1.82) is 0 Å². The van der Waals surface area contributed by atoms with Gasteiger partial charge in [-0.2, -0.15) is 0 Å². The quantitative estimate of drug-likeness (QED) is 0.913. The molecule has 1 heterocycles. The third-order valence-corrected chi connectivity index (χ3v) is 4.07. The van der Waals surface area contributed by atoms with E-state index >= 15 is 0 Å².